The lowest BCUT2D eigenvalue weighted by atomic mass is 9.93. The van der Waals surface area contributed by atoms with Gasteiger partial charge in [-0.25, -0.2) is 0 Å². The van der Waals surface area contributed by atoms with E-state index >= 15 is 0 Å². The molecule has 22 heavy (non-hydrogen) atoms. The smallest absolute Gasteiger partial charge is 0.0947 e. The first-order valence-corrected chi connectivity index (χ1v) is 7.80. The minimum atomic E-state index is 0.603. The summed E-state index contributed by atoms with van der Waals surface area (Å²) >= 11 is 0. The van der Waals surface area contributed by atoms with Crippen molar-refractivity contribution < 1.29 is 0 Å². The highest BCUT2D eigenvalue weighted by Gasteiger charge is 2.17. The van der Waals surface area contributed by atoms with Crippen molar-refractivity contribution in [2.24, 2.45) is 5.92 Å². The zero-order valence-electron chi connectivity index (χ0n) is 13.6. The lowest BCUT2D eigenvalue weighted by Gasteiger charge is -2.11. The average molecular weight is 292 g/mol. The fourth-order valence-corrected chi connectivity index (χ4v) is 3.00. The first-order chi connectivity index (χ1) is 10.5. The number of nitriles is 1. The molecule has 0 aliphatic carbocycles. The lowest BCUT2D eigenvalue weighted by Crippen LogP contribution is -2.08. The molecule has 1 saturated heterocycles. The minimum Gasteiger partial charge on any atom is -0.389 e. The van der Waals surface area contributed by atoms with Crippen molar-refractivity contribution in [2.75, 3.05) is 6.54 Å². The molecule has 0 spiro atoms. The van der Waals surface area contributed by atoms with Crippen LogP contribution in [-0.4, -0.2) is 6.54 Å². The van der Waals surface area contributed by atoms with Crippen molar-refractivity contribution in [3.8, 4) is 6.07 Å². The molecule has 1 N–H and O–H groups in total. The number of nitrogens with zero attached hydrogens (tertiary/aromatic N) is 1. The third-order valence-electron chi connectivity index (χ3n) is 4.45. The second-order valence-corrected chi connectivity index (χ2v) is 6.09. The maximum Gasteiger partial charge on any atom is 0.0947 e. The highest BCUT2D eigenvalue weighted by Crippen LogP contribution is 2.26. The van der Waals surface area contributed by atoms with Crippen LogP contribution in [0.5, 0.6) is 0 Å². The molecule has 114 valence electrons. The molecule has 2 heteroatoms. The molecule has 0 amide bonds. The molecule has 0 aromatic heterocycles. The highest BCUT2D eigenvalue weighted by atomic mass is 14.9. The van der Waals surface area contributed by atoms with Gasteiger partial charge in [0.1, 0.15) is 0 Å². The van der Waals surface area contributed by atoms with Crippen molar-refractivity contribution in [1.82, 2.24) is 5.32 Å². The Morgan fingerprint density at radius 1 is 1.45 bits per heavy atom. The number of hydrogen-bond donors (Lipinski definition) is 1. The van der Waals surface area contributed by atoms with Gasteiger partial charge in [-0.2, -0.15) is 5.26 Å². The van der Waals surface area contributed by atoms with Gasteiger partial charge in [0.2, 0.25) is 0 Å². The van der Waals surface area contributed by atoms with Gasteiger partial charge in [0.05, 0.1) is 6.07 Å². The third kappa shape index (κ3) is 3.68. The summed E-state index contributed by atoms with van der Waals surface area (Å²) in [6.07, 6.45) is 6.81. The first-order valence-electron chi connectivity index (χ1n) is 7.80. The highest BCUT2D eigenvalue weighted by molar-refractivity contribution is 5.68. The quantitative estimate of drug-likeness (QED) is 0.794. The summed E-state index contributed by atoms with van der Waals surface area (Å²) in [5.74, 6) is 0.603. The van der Waals surface area contributed by atoms with Crippen LogP contribution in [0, 0.1) is 31.1 Å². The fraction of sp³-hybridized carbons (Fsp3) is 0.350. The minimum absolute atomic E-state index is 0.603. The van der Waals surface area contributed by atoms with Gasteiger partial charge in [0.15, 0.2) is 0 Å². The van der Waals surface area contributed by atoms with E-state index in [4.69, 9.17) is 0 Å². The van der Waals surface area contributed by atoms with Crippen LogP contribution in [0.15, 0.2) is 36.6 Å². The number of rotatable bonds is 5. The molecular weight excluding hydrogens is 268 g/mol. The second kappa shape index (κ2) is 7.13. The summed E-state index contributed by atoms with van der Waals surface area (Å²) in [4.78, 5) is 0. The van der Waals surface area contributed by atoms with Crippen LogP contribution >= 0.6 is 0 Å². The number of nitrogens with one attached hydrogen (secondary N) is 1. The van der Waals surface area contributed by atoms with E-state index in [0.29, 0.717) is 5.92 Å². The van der Waals surface area contributed by atoms with Gasteiger partial charge in [-0.3, -0.25) is 0 Å². The van der Waals surface area contributed by atoms with E-state index in [0.717, 1.165) is 48.2 Å². The van der Waals surface area contributed by atoms with Crippen molar-refractivity contribution in [2.45, 2.75) is 33.1 Å². The van der Waals surface area contributed by atoms with Crippen molar-refractivity contribution >= 4 is 12.2 Å². The molecule has 2 rings (SSSR count). The maximum atomic E-state index is 9.45. The zero-order valence-corrected chi connectivity index (χ0v) is 13.6. The van der Waals surface area contributed by atoms with E-state index in [-0.39, 0.29) is 0 Å². The van der Waals surface area contributed by atoms with Gasteiger partial charge in [0, 0.05) is 17.8 Å². The largest absolute Gasteiger partial charge is 0.389 e. The molecule has 1 heterocycles. The van der Waals surface area contributed by atoms with Gasteiger partial charge in [-0.05, 0) is 67.4 Å². The van der Waals surface area contributed by atoms with Crippen LogP contribution in [0.25, 0.3) is 12.2 Å². The van der Waals surface area contributed by atoms with Crippen LogP contribution in [0.2, 0.25) is 0 Å². The Bertz CT molecular complexity index is 659. The second-order valence-electron chi connectivity index (χ2n) is 6.09. The van der Waals surface area contributed by atoms with Crippen molar-refractivity contribution in [3.63, 3.8) is 0 Å². The van der Waals surface area contributed by atoms with Crippen LogP contribution in [0.4, 0.5) is 0 Å². The Balaban J connectivity index is 2.17. The summed E-state index contributed by atoms with van der Waals surface area (Å²) in [6, 6.07) is 6.54. The van der Waals surface area contributed by atoms with E-state index < -0.39 is 0 Å². The molecule has 1 unspecified atom stereocenters. The number of allylic oxidation sites excluding steroid dienone is 2. The summed E-state index contributed by atoms with van der Waals surface area (Å²) < 4.78 is 0. The monoisotopic (exact) mass is 292 g/mol. The summed E-state index contributed by atoms with van der Waals surface area (Å²) in [5, 5.41) is 12.7. The standard InChI is InChI=1S/C20H24N2/c1-5-19-9-6-14(2)20(16(19)4)11-17(12-21)7-8-18-10-15(3)22-13-18/h5-6,9,11,18,22H,1,3,7-8,10,13H2,2,4H3/b17-11+. The predicted octanol–water partition coefficient (Wildman–Crippen LogP) is 4.76. The molecule has 1 aliphatic heterocycles. The molecule has 1 aliphatic rings. The van der Waals surface area contributed by atoms with Crippen molar-refractivity contribution in [1.29, 1.82) is 5.26 Å². The van der Waals surface area contributed by atoms with Crippen LogP contribution in [0.1, 0.15) is 41.5 Å². The number of benzene rings is 1. The number of hydrogen-bond acceptors (Lipinski definition) is 2. The van der Waals surface area contributed by atoms with E-state index in [2.05, 4.69) is 56.6 Å². The van der Waals surface area contributed by atoms with E-state index in [9.17, 15) is 5.26 Å². The number of aryl methyl sites for hydroxylation is 1. The fourth-order valence-electron chi connectivity index (χ4n) is 3.00. The van der Waals surface area contributed by atoms with Gasteiger partial charge < -0.3 is 5.32 Å². The summed E-state index contributed by atoms with van der Waals surface area (Å²) in [6.45, 7) is 13.0. The Kier molecular flexibility index (Phi) is 5.22. The van der Waals surface area contributed by atoms with Crippen LogP contribution in [0.3, 0.4) is 0 Å². The molecular formula is C20H24N2. The van der Waals surface area contributed by atoms with Crippen molar-refractivity contribution in [3.05, 3.63) is 58.8 Å². The first kappa shape index (κ1) is 16.1. The Morgan fingerprint density at radius 2 is 2.23 bits per heavy atom. The Morgan fingerprint density at radius 3 is 2.82 bits per heavy atom. The normalized spacial score (nSPS) is 18.0. The molecule has 1 fully saturated rings. The van der Waals surface area contributed by atoms with Gasteiger partial charge in [-0.1, -0.05) is 31.4 Å². The molecule has 2 nitrogen and oxygen atoms in total. The molecule has 0 saturated carbocycles. The molecule has 1 aromatic rings. The maximum absolute atomic E-state index is 9.45. The zero-order chi connectivity index (χ0) is 16.1. The van der Waals surface area contributed by atoms with E-state index in [1.165, 1.54) is 11.1 Å². The van der Waals surface area contributed by atoms with Gasteiger partial charge >= 0.3 is 0 Å². The van der Waals surface area contributed by atoms with Gasteiger partial charge in [0.25, 0.3) is 0 Å². The third-order valence-corrected chi connectivity index (χ3v) is 4.45. The summed E-state index contributed by atoms with van der Waals surface area (Å²) in [5.41, 5.74) is 6.65. The van der Waals surface area contributed by atoms with Crippen LogP contribution < -0.4 is 5.32 Å². The predicted molar refractivity (Wildman–Crippen MR) is 94.1 cm³/mol. The Hall–Kier alpha value is -2.27. The summed E-state index contributed by atoms with van der Waals surface area (Å²) in [7, 11) is 0. The lowest BCUT2D eigenvalue weighted by molar-refractivity contribution is 0.538. The molecule has 0 bridgehead atoms. The van der Waals surface area contributed by atoms with E-state index in [1.54, 1.807) is 0 Å². The Labute approximate surface area is 133 Å². The van der Waals surface area contributed by atoms with Crippen LogP contribution in [-0.2, 0) is 0 Å². The average Bonchev–Trinajstić information content (AvgIpc) is 2.92. The molecule has 1 aromatic carbocycles. The molecule has 0 radical (unpaired) electrons. The van der Waals surface area contributed by atoms with E-state index in [1.807, 2.05) is 6.08 Å². The molecule has 1 atom stereocenters. The SMILES string of the molecule is C=Cc1ccc(C)c(/C=C(/C#N)CCC2CNC(=C)C2)c1C. The van der Waals surface area contributed by atoms with Gasteiger partial charge in [-0.15, -0.1) is 0 Å². The topological polar surface area (TPSA) is 35.8 Å².